The van der Waals surface area contributed by atoms with Crippen molar-refractivity contribution in [1.29, 1.82) is 0 Å². The number of nitrogens with one attached hydrogen (secondary N) is 1. The van der Waals surface area contributed by atoms with Gasteiger partial charge in [-0.3, -0.25) is 0 Å². The molecule has 2 amide bonds. The van der Waals surface area contributed by atoms with E-state index in [0.717, 1.165) is 31.2 Å². The highest BCUT2D eigenvalue weighted by molar-refractivity contribution is 6.30. The summed E-state index contributed by atoms with van der Waals surface area (Å²) in [5.74, 6) is -0.365. The average molecular weight is 401 g/mol. The van der Waals surface area contributed by atoms with Crippen molar-refractivity contribution in [3.05, 3.63) is 64.7 Å². The van der Waals surface area contributed by atoms with Gasteiger partial charge < -0.3 is 15.0 Å². The number of hydrogen-bond acceptors (Lipinski definition) is 3. The first-order valence-corrected chi connectivity index (χ1v) is 10.1. The van der Waals surface area contributed by atoms with Gasteiger partial charge in [0.25, 0.3) is 0 Å². The molecule has 0 unspecified atom stereocenters. The highest BCUT2D eigenvalue weighted by Crippen LogP contribution is 2.31. The number of hydrogen-bond donors (Lipinski definition) is 1. The maximum atomic E-state index is 13.0. The van der Waals surface area contributed by atoms with Crippen LogP contribution in [0, 0.1) is 0 Å². The number of carbonyl (C=O) groups is 2. The largest absolute Gasteiger partial charge is 0.462 e. The molecule has 1 atom stereocenters. The Bertz CT molecular complexity index is 806. The molecule has 1 aliphatic rings. The monoisotopic (exact) mass is 400 g/mol. The van der Waals surface area contributed by atoms with E-state index in [9.17, 15) is 9.59 Å². The molecule has 0 radical (unpaired) electrons. The number of halogens is 1. The number of rotatable bonds is 4. The molecule has 0 bridgehead atoms. The Balaban J connectivity index is 1.73. The lowest BCUT2D eigenvalue weighted by molar-refractivity contribution is 0.0526. The molecule has 1 saturated heterocycles. The Hall–Kier alpha value is -2.53. The van der Waals surface area contributed by atoms with Gasteiger partial charge in [0.2, 0.25) is 0 Å². The Kier molecular flexibility index (Phi) is 6.93. The normalized spacial score (nSPS) is 16.9. The molecular weight excluding hydrogens is 376 g/mol. The van der Waals surface area contributed by atoms with Gasteiger partial charge in [-0.2, -0.15) is 0 Å². The van der Waals surface area contributed by atoms with Crippen molar-refractivity contribution in [3.8, 4) is 0 Å². The van der Waals surface area contributed by atoms with Crippen LogP contribution in [0.1, 0.15) is 54.6 Å². The minimum atomic E-state index is -0.365. The molecule has 1 heterocycles. The van der Waals surface area contributed by atoms with E-state index in [2.05, 4.69) is 5.32 Å². The summed E-state index contributed by atoms with van der Waals surface area (Å²) in [6.07, 6.45) is 4.11. The first-order valence-electron chi connectivity index (χ1n) is 9.68. The van der Waals surface area contributed by atoms with Crippen molar-refractivity contribution < 1.29 is 14.3 Å². The summed E-state index contributed by atoms with van der Waals surface area (Å²) in [6, 6.07) is 14.4. The number of urea groups is 1. The molecule has 2 aromatic carbocycles. The van der Waals surface area contributed by atoms with Crippen molar-refractivity contribution in [2.24, 2.45) is 0 Å². The molecule has 1 N–H and O–H groups in total. The fraction of sp³-hybridized carbons (Fsp3) is 0.364. The smallest absolute Gasteiger partial charge is 0.338 e. The number of nitrogens with zero attached hydrogens (tertiary/aromatic N) is 1. The zero-order valence-corrected chi connectivity index (χ0v) is 16.7. The SMILES string of the molecule is CCOC(=O)c1ccc(NC(=O)N2CCCCC[C@@H]2c2ccc(Cl)cc2)cc1. The Morgan fingerprint density at radius 3 is 2.46 bits per heavy atom. The molecule has 1 fully saturated rings. The summed E-state index contributed by atoms with van der Waals surface area (Å²) < 4.78 is 4.99. The molecule has 6 heteroatoms. The second-order valence-electron chi connectivity index (χ2n) is 6.84. The predicted molar refractivity (Wildman–Crippen MR) is 111 cm³/mol. The molecule has 1 aliphatic heterocycles. The van der Waals surface area contributed by atoms with E-state index in [1.54, 1.807) is 31.2 Å². The van der Waals surface area contributed by atoms with Gasteiger partial charge in [-0.15, -0.1) is 0 Å². The Morgan fingerprint density at radius 2 is 1.79 bits per heavy atom. The summed E-state index contributed by atoms with van der Waals surface area (Å²) >= 11 is 6.02. The third-order valence-electron chi connectivity index (χ3n) is 4.92. The highest BCUT2D eigenvalue weighted by Gasteiger charge is 2.27. The summed E-state index contributed by atoms with van der Waals surface area (Å²) in [6.45, 7) is 2.81. The van der Waals surface area contributed by atoms with Crippen LogP contribution >= 0.6 is 11.6 Å². The summed E-state index contributed by atoms with van der Waals surface area (Å²) in [4.78, 5) is 26.6. The molecular formula is C22H25ClN2O3. The van der Waals surface area contributed by atoms with Crippen molar-refractivity contribution >= 4 is 29.3 Å². The van der Waals surface area contributed by atoms with Crippen LogP contribution < -0.4 is 5.32 Å². The molecule has 0 aromatic heterocycles. The van der Waals surface area contributed by atoms with Gasteiger partial charge in [0.05, 0.1) is 18.2 Å². The number of carbonyl (C=O) groups excluding carboxylic acids is 2. The second-order valence-corrected chi connectivity index (χ2v) is 7.27. The lowest BCUT2D eigenvalue weighted by atomic mass is 10.0. The molecule has 0 saturated carbocycles. The number of benzene rings is 2. The quantitative estimate of drug-likeness (QED) is 0.673. The molecule has 3 rings (SSSR count). The van der Waals surface area contributed by atoms with Crippen LogP contribution in [0.2, 0.25) is 5.02 Å². The van der Waals surface area contributed by atoms with Gasteiger partial charge in [0, 0.05) is 17.3 Å². The molecule has 28 heavy (non-hydrogen) atoms. The zero-order chi connectivity index (χ0) is 19.9. The van der Waals surface area contributed by atoms with Crippen LogP contribution in [0.4, 0.5) is 10.5 Å². The number of likely N-dealkylation sites (tertiary alicyclic amines) is 1. The summed E-state index contributed by atoms with van der Waals surface area (Å²) in [7, 11) is 0. The van der Waals surface area contributed by atoms with Gasteiger partial charge >= 0.3 is 12.0 Å². The van der Waals surface area contributed by atoms with Gasteiger partial charge in [0.15, 0.2) is 0 Å². The van der Waals surface area contributed by atoms with Crippen molar-refractivity contribution in [2.75, 3.05) is 18.5 Å². The maximum absolute atomic E-state index is 13.0. The summed E-state index contributed by atoms with van der Waals surface area (Å²) in [5.41, 5.74) is 2.21. The molecule has 0 aliphatic carbocycles. The lowest BCUT2D eigenvalue weighted by Crippen LogP contribution is -2.38. The van der Waals surface area contributed by atoms with Gasteiger partial charge in [-0.1, -0.05) is 36.6 Å². The van der Waals surface area contributed by atoms with Crippen LogP contribution in [-0.4, -0.2) is 30.1 Å². The number of ether oxygens (including phenoxy) is 1. The van der Waals surface area contributed by atoms with E-state index < -0.39 is 0 Å². The zero-order valence-electron chi connectivity index (χ0n) is 16.0. The van der Waals surface area contributed by atoms with Crippen LogP contribution in [0.5, 0.6) is 0 Å². The fourth-order valence-electron chi connectivity index (χ4n) is 3.48. The second kappa shape index (κ2) is 9.60. The Morgan fingerprint density at radius 1 is 1.07 bits per heavy atom. The van der Waals surface area contributed by atoms with Crippen molar-refractivity contribution in [1.82, 2.24) is 4.90 Å². The maximum Gasteiger partial charge on any atom is 0.338 e. The minimum absolute atomic E-state index is 0.0265. The first-order chi connectivity index (χ1) is 13.6. The lowest BCUT2D eigenvalue weighted by Gasteiger charge is -2.30. The standard InChI is InChI=1S/C22H25ClN2O3/c1-2-28-21(26)17-9-13-19(14-10-17)24-22(27)25-15-5-3-4-6-20(25)16-7-11-18(23)12-8-16/h7-14,20H,2-6,15H2,1H3,(H,24,27)/t20-/m1/s1. The minimum Gasteiger partial charge on any atom is -0.462 e. The van der Waals surface area contributed by atoms with Gasteiger partial charge in [0.1, 0.15) is 0 Å². The average Bonchev–Trinajstić information content (AvgIpc) is 2.95. The number of esters is 1. The van der Waals surface area contributed by atoms with Crippen LogP contribution in [0.15, 0.2) is 48.5 Å². The third-order valence-corrected chi connectivity index (χ3v) is 5.17. The summed E-state index contributed by atoms with van der Waals surface area (Å²) in [5, 5.41) is 3.65. The Labute approximate surface area is 170 Å². The topological polar surface area (TPSA) is 58.6 Å². The van der Waals surface area contributed by atoms with E-state index in [1.807, 2.05) is 29.2 Å². The van der Waals surface area contributed by atoms with Crippen LogP contribution in [-0.2, 0) is 4.74 Å². The van der Waals surface area contributed by atoms with Crippen LogP contribution in [0.3, 0.4) is 0 Å². The highest BCUT2D eigenvalue weighted by atomic mass is 35.5. The van der Waals surface area contributed by atoms with Crippen LogP contribution in [0.25, 0.3) is 0 Å². The van der Waals surface area contributed by atoms with E-state index >= 15 is 0 Å². The van der Waals surface area contributed by atoms with Crippen molar-refractivity contribution in [2.45, 2.75) is 38.6 Å². The molecule has 5 nitrogen and oxygen atoms in total. The van der Waals surface area contributed by atoms with Gasteiger partial charge in [-0.05, 0) is 61.7 Å². The van der Waals surface area contributed by atoms with Gasteiger partial charge in [-0.25, -0.2) is 9.59 Å². The predicted octanol–water partition coefficient (Wildman–Crippen LogP) is 5.67. The number of amides is 2. The first kappa shape index (κ1) is 20.2. The molecule has 148 valence electrons. The van der Waals surface area contributed by atoms with Crippen molar-refractivity contribution in [3.63, 3.8) is 0 Å². The molecule has 0 spiro atoms. The van der Waals surface area contributed by atoms with E-state index in [4.69, 9.17) is 16.3 Å². The van der Waals surface area contributed by atoms with E-state index in [0.29, 0.717) is 29.4 Å². The fourth-order valence-corrected chi connectivity index (χ4v) is 3.61. The third kappa shape index (κ3) is 5.04. The molecule has 2 aromatic rings. The van der Waals surface area contributed by atoms with E-state index in [-0.39, 0.29) is 18.0 Å². The van der Waals surface area contributed by atoms with E-state index in [1.165, 1.54) is 0 Å². The number of anilines is 1.